The highest BCUT2D eigenvalue weighted by Crippen LogP contribution is 2.38. The Kier molecular flexibility index (Phi) is 5.23. The van der Waals surface area contributed by atoms with Crippen molar-refractivity contribution in [2.45, 2.75) is 26.3 Å². The van der Waals surface area contributed by atoms with E-state index in [1.807, 2.05) is 6.07 Å². The number of benzene rings is 1. The maximum absolute atomic E-state index is 13.8. The van der Waals surface area contributed by atoms with Crippen molar-refractivity contribution in [3.8, 4) is 5.75 Å². The molecule has 0 bridgehead atoms. The smallest absolute Gasteiger partial charge is 0.194 e. The highest BCUT2D eigenvalue weighted by Gasteiger charge is 2.42. The predicted molar refractivity (Wildman–Crippen MR) is 91.8 cm³/mol. The number of nitrogens with zero attached hydrogens (tertiary/aromatic N) is 2. The number of methoxy groups -OCH3 is 1. The van der Waals surface area contributed by atoms with Gasteiger partial charge in [0, 0.05) is 31.7 Å². The van der Waals surface area contributed by atoms with Gasteiger partial charge in [-0.1, -0.05) is 6.07 Å². The molecule has 1 atom stereocenters. The molecule has 1 aromatic carbocycles. The number of hydrogen-bond acceptors (Lipinski definition) is 3. The molecule has 24 heavy (non-hydrogen) atoms. The van der Waals surface area contributed by atoms with Gasteiger partial charge in [-0.05, 0) is 37.5 Å². The van der Waals surface area contributed by atoms with Crippen LogP contribution < -0.4 is 10.1 Å². The number of ether oxygens (including phenoxy) is 2. The SMILES string of the molecule is CCNC(=NCc1ccc(OC)c(F)c1)N1CCC2(CCOC2)C1. The first-order valence-electron chi connectivity index (χ1n) is 8.59. The van der Waals surface area contributed by atoms with Crippen LogP contribution in [-0.4, -0.2) is 50.8 Å². The van der Waals surface area contributed by atoms with E-state index < -0.39 is 0 Å². The number of likely N-dealkylation sites (tertiary alicyclic amines) is 1. The van der Waals surface area contributed by atoms with Gasteiger partial charge in [0.1, 0.15) is 0 Å². The van der Waals surface area contributed by atoms with Crippen LogP contribution in [-0.2, 0) is 11.3 Å². The summed E-state index contributed by atoms with van der Waals surface area (Å²) in [5.74, 6) is 0.813. The molecular weight excluding hydrogens is 309 g/mol. The van der Waals surface area contributed by atoms with E-state index in [4.69, 9.17) is 14.5 Å². The molecule has 2 heterocycles. The van der Waals surface area contributed by atoms with Crippen LogP contribution in [0.5, 0.6) is 5.75 Å². The first-order chi connectivity index (χ1) is 11.7. The fraction of sp³-hybridized carbons (Fsp3) is 0.611. The van der Waals surface area contributed by atoms with Crippen LogP contribution in [0.25, 0.3) is 0 Å². The minimum absolute atomic E-state index is 0.261. The fourth-order valence-corrected chi connectivity index (χ4v) is 3.49. The summed E-state index contributed by atoms with van der Waals surface area (Å²) in [6.45, 7) is 7.02. The molecule has 2 aliphatic rings. The van der Waals surface area contributed by atoms with Crippen molar-refractivity contribution in [2.75, 3.05) is 40.0 Å². The highest BCUT2D eigenvalue weighted by atomic mass is 19.1. The summed E-state index contributed by atoms with van der Waals surface area (Å²) in [6.07, 6.45) is 2.28. The molecule has 132 valence electrons. The van der Waals surface area contributed by atoms with Crippen LogP contribution in [0.4, 0.5) is 4.39 Å². The summed E-state index contributed by atoms with van der Waals surface area (Å²) >= 11 is 0. The average Bonchev–Trinajstić information content (AvgIpc) is 3.22. The summed E-state index contributed by atoms with van der Waals surface area (Å²) in [4.78, 5) is 7.00. The minimum atomic E-state index is -0.349. The van der Waals surface area contributed by atoms with Gasteiger partial charge in [0.15, 0.2) is 17.5 Å². The second-order valence-electron chi connectivity index (χ2n) is 6.61. The van der Waals surface area contributed by atoms with Gasteiger partial charge >= 0.3 is 0 Å². The van der Waals surface area contributed by atoms with Gasteiger partial charge in [0.2, 0.25) is 0 Å². The number of guanidine groups is 1. The summed E-state index contributed by atoms with van der Waals surface area (Å²) in [5.41, 5.74) is 1.13. The topological polar surface area (TPSA) is 46.1 Å². The Bertz CT molecular complexity index is 600. The molecule has 5 nitrogen and oxygen atoms in total. The van der Waals surface area contributed by atoms with Gasteiger partial charge in [-0.2, -0.15) is 0 Å². The van der Waals surface area contributed by atoms with Crippen molar-refractivity contribution < 1.29 is 13.9 Å². The minimum Gasteiger partial charge on any atom is -0.494 e. The van der Waals surface area contributed by atoms with Crippen molar-refractivity contribution in [3.63, 3.8) is 0 Å². The van der Waals surface area contributed by atoms with E-state index in [1.165, 1.54) is 13.2 Å². The van der Waals surface area contributed by atoms with Crippen molar-refractivity contribution in [3.05, 3.63) is 29.6 Å². The highest BCUT2D eigenvalue weighted by molar-refractivity contribution is 5.80. The van der Waals surface area contributed by atoms with Gasteiger partial charge in [-0.3, -0.25) is 0 Å². The lowest BCUT2D eigenvalue weighted by molar-refractivity contribution is 0.156. The molecule has 1 unspecified atom stereocenters. The molecule has 6 heteroatoms. The molecule has 0 amide bonds. The molecule has 1 aromatic rings. The van der Waals surface area contributed by atoms with Crippen LogP contribution in [0.3, 0.4) is 0 Å². The van der Waals surface area contributed by atoms with Gasteiger partial charge in [-0.15, -0.1) is 0 Å². The quantitative estimate of drug-likeness (QED) is 0.678. The van der Waals surface area contributed by atoms with E-state index in [0.29, 0.717) is 12.0 Å². The van der Waals surface area contributed by atoms with Crippen molar-refractivity contribution in [1.29, 1.82) is 0 Å². The second-order valence-corrected chi connectivity index (χ2v) is 6.61. The van der Waals surface area contributed by atoms with Gasteiger partial charge in [0.25, 0.3) is 0 Å². The Labute approximate surface area is 142 Å². The van der Waals surface area contributed by atoms with E-state index in [-0.39, 0.29) is 11.6 Å². The van der Waals surface area contributed by atoms with E-state index >= 15 is 0 Å². The number of hydrogen-bond donors (Lipinski definition) is 1. The maximum Gasteiger partial charge on any atom is 0.194 e. The van der Waals surface area contributed by atoms with Crippen LogP contribution in [0.2, 0.25) is 0 Å². The van der Waals surface area contributed by atoms with Gasteiger partial charge in [-0.25, -0.2) is 9.38 Å². The van der Waals surface area contributed by atoms with E-state index in [1.54, 1.807) is 6.07 Å². The molecule has 1 spiro atoms. The zero-order chi connectivity index (χ0) is 17.0. The van der Waals surface area contributed by atoms with Gasteiger partial charge in [0.05, 0.1) is 20.3 Å². The maximum atomic E-state index is 13.8. The van der Waals surface area contributed by atoms with Crippen LogP contribution in [0.1, 0.15) is 25.3 Å². The van der Waals surface area contributed by atoms with E-state index in [2.05, 4.69) is 17.1 Å². The second kappa shape index (κ2) is 7.38. The summed E-state index contributed by atoms with van der Waals surface area (Å²) in [6, 6.07) is 4.99. The van der Waals surface area contributed by atoms with Crippen LogP contribution in [0.15, 0.2) is 23.2 Å². The molecule has 2 aliphatic heterocycles. The summed E-state index contributed by atoms with van der Waals surface area (Å²) in [5, 5.41) is 3.36. The van der Waals surface area contributed by atoms with Crippen molar-refractivity contribution >= 4 is 5.96 Å². The van der Waals surface area contributed by atoms with E-state index in [0.717, 1.165) is 57.2 Å². The molecule has 2 saturated heterocycles. The Morgan fingerprint density at radius 2 is 2.33 bits per heavy atom. The normalized spacial score (nSPS) is 24.0. The molecule has 3 rings (SSSR count). The third-order valence-electron chi connectivity index (χ3n) is 4.89. The molecule has 0 radical (unpaired) electrons. The lowest BCUT2D eigenvalue weighted by Crippen LogP contribution is -2.41. The van der Waals surface area contributed by atoms with Crippen LogP contribution in [0, 0.1) is 11.2 Å². The predicted octanol–water partition coefficient (Wildman–Crippen LogP) is 2.41. The monoisotopic (exact) mass is 335 g/mol. The Morgan fingerprint density at radius 1 is 1.46 bits per heavy atom. The third kappa shape index (κ3) is 3.64. The zero-order valence-corrected chi connectivity index (χ0v) is 14.5. The standard InChI is InChI=1S/C18H26FN3O2/c1-3-20-17(22-8-6-18(12-22)7-9-24-13-18)21-11-14-4-5-16(23-2)15(19)10-14/h4-5,10H,3,6-9,11-13H2,1-2H3,(H,20,21). The molecular formula is C18H26FN3O2. The molecule has 0 saturated carbocycles. The lowest BCUT2D eigenvalue weighted by Gasteiger charge is -2.25. The molecule has 0 aromatic heterocycles. The Morgan fingerprint density at radius 3 is 3.00 bits per heavy atom. The van der Waals surface area contributed by atoms with Gasteiger partial charge < -0.3 is 19.7 Å². The Hall–Kier alpha value is -1.82. The largest absolute Gasteiger partial charge is 0.494 e. The molecule has 0 aliphatic carbocycles. The summed E-state index contributed by atoms with van der Waals surface area (Å²) in [7, 11) is 1.47. The first kappa shape index (κ1) is 17.0. The van der Waals surface area contributed by atoms with E-state index in [9.17, 15) is 4.39 Å². The third-order valence-corrected chi connectivity index (χ3v) is 4.89. The summed E-state index contributed by atoms with van der Waals surface area (Å²) < 4.78 is 24.4. The van der Waals surface area contributed by atoms with Crippen molar-refractivity contribution in [1.82, 2.24) is 10.2 Å². The fourth-order valence-electron chi connectivity index (χ4n) is 3.49. The number of aliphatic imine (C=N–C) groups is 1. The molecule has 1 N–H and O–H groups in total. The lowest BCUT2D eigenvalue weighted by atomic mass is 9.87. The zero-order valence-electron chi connectivity index (χ0n) is 14.5. The number of halogens is 1. The van der Waals surface area contributed by atoms with Crippen molar-refractivity contribution in [2.24, 2.45) is 10.4 Å². The van der Waals surface area contributed by atoms with Crippen LogP contribution >= 0.6 is 0 Å². The molecule has 2 fully saturated rings. The Balaban J connectivity index is 1.69. The number of rotatable bonds is 4. The average molecular weight is 335 g/mol. The first-order valence-corrected chi connectivity index (χ1v) is 8.59. The number of nitrogens with one attached hydrogen (secondary N) is 1.